The van der Waals surface area contributed by atoms with E-state index >= 15 is 0 Å². The Bertz CT molecular complexity index is 457. The SMILES string of the molecule is CCCCCCCC#CCC#CCC#CCCCCC(=O)O. The van der Waals surface area contributed by atoms with Crippen molar-refractivity contribution >= 4 is 5.97 Å². The zero-order valence-corrected chi connectivity index (χ0v) is 13.8. The van der Waals surface area contributed by atoms with Crippen LogP contribution in [-0.4, -0.2) is 11.1 Å². The van der Waals surface area contributed by atoms with Crippen molar-refractivity contribution in [1.29, 1.82) is 0 Å². The van der Waals surface area contributed by atoms with Crippen LogP contribution in [0.4, 0.5) is 0 Å². The van der Waals surface area contributed by atoms with Crippen molar-refractivity contribution in [3.05, 3.63) is 0 Å². The monoisotopic (exact) mass is 300 g/mol. The van der Waals surface area contributed by atoms with Crippen LogP contribution in [0.15, 0.2) is 0 Å². The third-order valence-electron chi connectivity index (χ3n) is 3.08. The van der Waals surface area contributed by atoms with Gasteiger partial charge in [-0.15, -0.1) is 11.8 Å². The second kappa shape index (κ2) is 17.2. The fraction of sp³-hybridized carbons (Fsp3) is 0.650. The van der Waals surface area contributed by atoms with Crippen molar-refractivity contribution in [2.75, 3.05) is 0 Å². The van der Waals surface area contributed by atoms with Gasteiger partial charge in [0.2, 0.25) is 0 Å². The van der Waals surface area contributed by atoms with Crippen LogP contribution >= 0.6 is 0 Å². The molecule has 0 aliphatic heterocycles. The number of aliphatic carboxylic acids is 1. The molecule has 0 amide bonds. The number of unbranched alkanes of at least 4 members (excludes halogenated alkanes) is 7. The number of carboxylic acids is 1. The largest absolute Gasteiger partial charge is 0.481 e. The van der Waals surface area contributed by atoms with Crippen LogP contribution in [0, 0.1) is 35.5 Å². The van der Waals surface area contributed by atoms with Crippen molar-refractivity contribution in [2.45, 2.75) is 84.0 Å². The van der Waals surface area contributed by atoms with Gasteiger partial charge < -0.3 is 5.11 Å². The first-order valence-corrected chi connectivity index (χ1v) is 8.36. The Kier molecular flexibility index (Phi) is 15.8. The van der Waals surface area contributed by atoms with E-state index in [1.165, 1.54) is 32.1 Å². The molecule has 0 aromatic heterocycles. The first-order valence-electron chi connectivity index (χ1n) is 8.36. The molecule has 0 spiro atoms. The van der Waals surface area contributed by atoms with Gasteiger partial charge in [-0.05, 0) is 19.3 Å². The summed E-state index contributed by atoms with van der Waals surface area (Å²) in [4.78, 5) is 10.3. The van der Waals surface area contributed by atoms with Crippen molar-refractivity contribution in [3.8, 4) is 35.5 Å². The van der Waals surface area contributed by atoms with Crippen LogP contribution in [0.2, 0.25) is 0 Å². The van der Waals surface area contributed by atoms with Gasteiger partial charge in [-0.3, -0.25) is 4.79 Å². The van der Waals surface area contributed by atoms with E-state index in [1.807, 2.05) is 0 Å². The second-order valence-corrected chi connectivity index (χ2v) is 5.18. The molecule has 0 aliphatic rings. The molecule has 22 heavy (non-hydrogen) atoms. The lowest BCUT2D eigenvalue weighted by atomic mass is 10.1. The minimum atomic E-state index is -0.735. The lowest BCUT2D eigenvalue weighted by Gasteiger charge is -1.94. The van der Waals surface area contributed by atoms with Crippen molar-refractivity contribution in [1.82, 2.24) is 0 Å². The van der Waals surface area contributed by atoms with Crippen LogP contribution < -0.4 is 0 Å². The van der Waals surface area contributed by atoms with Crippen LogP contribution in [0.1, 0.15) is 84.0 Å². The topological polar surface area (TPSA) is 37.3 Å². The molecule has 0 saturated heterocycles. The summed E-state index contributed by atoms with van der Waals surface area (Å²) in [6.45, 7) is 2.22. The molecule has 2 heteroatoms. The van der Waals surface area contributed by atoms with E-state index < -0.39 is 5.97 Å². The van der Waals surface area contributed by atoms with Gasteiger partial charge in [-0.25, -0.2) is 0 Å². The normalized spacial score (nSPS) is 8.77. The highest BCUT2D eigenvalue weighted by Gasteiger charge is 1.93. The van der Waals surface area contributed by atoms with E-state index in [0.717, 1.165) is 19.3 Å². The van der Waals surface area contributed by atoms with E-state index in [4.69, 9.17) is 5.11 Å². The Morgan fingerprint density at radius 3 is 1.77 bits per heavy atom. The van der Waals surface area contributed by atoms with Crippen LogP contribution in [0.25, 0.3) is 0 Å². The third kappa shape index (κ3) is 18.1. The Morgan fingerprint density at radius 2 is 1.23 bits per heavy atom. The molecular formula is C20H28O2. The minimum Gasteiger partial charge on any atom is -0.481 e. The van der Waals surface area contributed by atoms with E-state index in [2.05, 4.69) is 42.4 Å². The molecule has 0 rings (SSSR count). The fourth-order valence-electron chi connectivity index (χ4n) is 1.82. The van der Waals surface area contributed by atoms with E-state index in [1.54, 1.807) is 0 Å². The number of hydrogen-bond donors (Lipinski definition) is 1. The molecule has 0 aromatic carbocycles. The summed E-state index contributed by atoms with van der Waals surface area (Å²) in [7, 11) is 0. The molecular weight excluding hydrogens is 272 g/mol. The first-order chi connectivity index (χ1) is 10.8. The van der Waals surface area contributed by atoms with Gasteiger partial charge in [0.15, 0.2) is 0 Å². The van der Waals surface area contributed by atoms with Gasteiger partial charge in [-0.1, -0.05) is 56.3 Å². The maximum absolute atomic E-state index is 10.3. The molecule has 2 nitrogen and oxygen atoms in total. The number of carbonyl (C=O) groups is 1. The standard InChI is InChI=1S/C20H28O2/c1-2-3-4-5-6-7-8-9-10-11-12-13-14-15-16-17-18-19-20(21)22/h2-7,10,13,16-19H2,1H3,(H,21,22). The molecule has 0 bridgehead atoms. The zero-order chi connectivity index (χ0) is 16.3. The van der Waals surface area contributed by atoms with Crippen LogP contribution in [0.3, 0.4) is 0 Å². The predicted octanol–water partition coefficient (Wildman–Crippen LogP) is 4.78. The fourth-order valence-corrected chi connectivity index (χ4v) is 1.82. The molecule has 0 radical (unpaired) electrons. The molecule has 0 atom stereocenters. The van der Waals surface area contributed by atoms with E-state index in [0.29, 0.717) is 19.3 Å². The highest BCUT2D eigenvalue weighted by Crippen LogP contribution is 2.03. The average molecular weight is 300 g/mol. The van der Waals surface area contributed by atoms with E-state index in [9.17, 15) is 4.79 Å². The average Bonchev–Trinajstić information content (AvgIpc) is 2.50. The lowest BCUT2D eigenvalue weighted by Crippen LogP contribution is -1.92. The number of hydrogen-bond acceptors (Lipinski definition) is 1. The quantitative estimate of drug-likeness (QED) is 0.491. The molecule has 1 N–H and O–H groups in total. The molecule has 120 valence electrons. The molecule has 0 unspecified atom stereocenters. The second-order valence-electron chi connectivity index (χ2n) is 5.18. The van der Waals surface area contributed by atoms with Crippen molar-refractivity contribution in [3.63, 3.8) is 0 Å². The van der Waals surface area contributed by atoms with Crippen LogP contribution in [-0.2, 0) is 4.79 Å². The van der Waals surface area contributed by atoms with Gasteiger partial charge in [0.05, 0.1) is 12.8 Å². The Balaban J connectivity index is 3.44. The summed E-state index contributed by atoms with van der Waals surface area (Å²) < 4.78 is 0. The molecule has 0 aliphatic carbocycles. The highest BCUT2D eigenvalue weighted by molar-refractivity contribution is 5.66. The Morgan fingerprint density at radius 1 is 0.727 bits per heavy atom. The Labute approximate surface area is 136 Å². The summed E-state index contributed by atoms with van der Waals surface area (Å²) in [5.74, 6) is 17.5. The maximum atomic E-state index is 10.3. The van der Waals surface area contributed by atoms with Gasteiger partial charge in [0.25, 0.3) is 0 Å². The van der Waals surface area contributed by atoms with Crippen molar-refractivity contribution < 1.29 is 9.90 Å². The lowest BCUT2D eigenvalue weighted by molar-refractivity contribution is -0.137. The molecule has 0 aromatic rings. The molecule has 0 heterocycles. The molecule has 0 fully saturated rings. The van der Waals surface area contributed by atoms with Crippen molar-refractivity contribution in [2.24, 2.45) is 0 Å². The summed E-state index contributed by atoms with van der Waals surface area (Å²) in [5, 5.41) is 8.47. The summed E-state index contributed by atoms with van der Waals surface area (Å²) in [6, 6.07) is 0. The minimum absolute atomic E-state index is 0.235. The predicted molar refractivity (Wildman–Crippen MR) is 92.0 cm³/mol. The van der Waals surface area contributed by atoms with Crippen LogP contribution in [0.5, 0.6) is 0 Å². The third-order valence-corrected chi connectivity index (χ3v) is 3.08. The summed E-state index contributed by atoms with van der Waals surface area (Å²) in [6.07, 6.45) is 11.2. The smallest absolute Gasteiger partial charge is 0.303 e. The molecule has 0 saturated carbocycles. The summed E-state index contributed by atoms with van der Waals surface area (Å²) >= 11 is 0. The Hall–Kier alpha value is -1.85. The van der Waals surface area contributed by atoms with Gasteiger partial charge in [-0.2, -0.15) is 0 Å². The number of carboxylic acid groups (broad SMARTS) is 1. The summed E-state index contributed by atoms with van der Waals surface area (Å²) in [5.41, 5.74) is 0. The van der Waals surface area contributed by atoms with E-state index in [-0.39, 0.29) is 6.42 Å². The first kappa shape index (κ1) is 20.1. The highest BCUT2D eigenvalue weighted by atomic mass is 16.4. The van der Waals surface area contributed by atoms with Gasteiger partial charge in [0, 0.05) is 19.3 Å². The maximum Gasteiger partial charge on any atom is 0.303 e. The number of rotatable bonds is 9. The zero-order valence-electron chi connectivity index (χ0n) is 13.8. The van der Waals surface area contributed by atoms with Gasteiger partial charge >= 0.3 is 5.97 Å². The van der Waals surface area contributed by atoms with Gasteiger partial charge in [0.1, 0.15) is 0 Å².